The van der Waals surface area contributed by atoms with Gasteiger partial charge in [0.25, 0.3) is 10.0 Å². The van der Waals surface area contributed by atoms with Gasteiger partial charge in [0.2, 0.25) is 0 Å². The Morgan fingerprint density at radius 2 is 1.49 bits per heavy atom. The maximum Gasteiger partial charge on any atom is 0.430 e. The van der Waals surface area contributed by atoms with Crippen molar-refractivity contribution in [3.63, 3.8) is 0 Å². The molecule has 0 unspecified atom stereocenters. The molecular formula is C32H33F3N4O6S2. The first-order valence-electron chi connectivity index (χ1n) is 14.1. The number of rotatable bonds is 7. The van der Waals surface area contributed by atoms with Gasteiger partial charge in [0.1, 0.15) is 28.7 Å². The predicted molar refractivity (Wildman–Crippen MR) is 171 cm³/mol. The van der Waals surface area contributed by atoms with Crippen LogP contribution in [0.1, 0.15) is 52.8 Å². The Labute approximate surface area is 274 Å². The fraction of sp³-hybridized carbons (Fsp3) is 0.312. The van der Waals surface area contributed by atoms with Crippen molar-refractivity contribution < 1.29 is 40.7 Å². The minimum atomic E-state index is -5.31. The predicted octanol–water partition coefficient (Wildman–Crippen LogP) is 8.00. The number of amides is 2. The Morgan fingerprint density at radius 3 is 2.04 bits per heavy atom. The number of sulfonamides is 1. The quantitative estimate of drug-likeness (QED) is 0.191. The molecule has 0 atom stereocenters. The number of pyridine rings is 1. The molecule has 10 nitrogen and oxygen atoms in total. The van der Waals surface area contributed by atoms with Crippen LogP contribution in [0.4, 0.5) is 34.3 Å². The van der Waals surface area contributed by atoms with E-state index in [1.807, 2.05) is 0 Å². The molecule has 0 spiro atoms. The zero-order chi connectivity index (χ0) is 34.9. The summed E-state index contributed by atoms with van der Waals surface area (Å²) in [5.41, 5.74) is 0.0709. The molecule has 4 aromatic rings. The van der Waals surface area contributed by atoms with Crippen LogP contribution < -0.4 is 9.21 Å². The molecule has 0 N–H and O–H groups in total. The normalized spacial score (nSPS) is 12.0. The van der Waals surface area contributed by atoms with Crippen molar-refractivity contribution in [2.75, 3.05) is 9.21 Å². The summed E-state index contributed by atoms with van der Waals surface area (Å²) in [5, 5.41) is 1.19. The van der Waals surface area contributed by atoms with E-state index in [4.69, 9.17) is 9.47 Å². The van der Waals surface area contributed by atoms with Crippen molar-refractivity contribution >= 4 is 45.1 Å². The van der Waals surface area contributed by atoms with Crippen molar-refractivity contribution in [1.29, 1.82) is 0 Å². The number of hydrogen-bond donors (Lipinski definition) is 0. The highest BCUT2D eigenvalue weighted by molar-refractivity contribution is 7.93. The van der Waals surface area contributed by atoms with Gasteiger partial charge in [-0.2, -0.15) is 0 Å². The molecule has 4 rings (SSSR count). The number of nitrogens with zero attached hydrogens (tertiary/aromatic N) is 4. The smallest absolute Gasteiger partial charge is 0.430 e. The van der Waals surface area contributed by atoms with Gasteiger partial charge < -0.3 is 9.47 Å². The van der Waals surface area contributed by atoms with Crippen LogP contribution in [0.2, 0.25) is 0 Å². The number of anilines is 2. The monoisotopic (exact) mass is 690 g/mol. The molecule has 0 aliphatic heterocycles. The Balaban J connectivity index is 1.85. The summed E-state index contributed by atoms with van der Waals surface area (Å²) in [7, 11) is -5.31. The van der Waals surface area contributed by atoms with Crippen LogP contribution in [0, 0.1) is 24.4 Å². The topological polar surface area (TPSA) is 119 Å². The molecule has 0 bridgehead atoms. The third-order valence-corrected chi connectivity index (χ3v) is 8.53. The summed E-state index contributed by atoms with van der Waals surface area (Å²) >= 11 is 0.935. The van der Waals surface area contributed by atoms with Crippen LogP contribution in [0.15, 0.2) is 64.4 Å². The minimum absolute atomic E-state index is 0.0129. The molecule has 2 amide bonds. The van der Waals surface area contributed by atoms with Crippen LogP contribution in [0.25, 0.3) is 11.1 Å². The average molecular weight is 691 g/mol. The second-order valence-electron chi connectivity index (χ2n) is 12.4. The van der Waals surface area contributed by atoms with Gasteiger partial charge in [-0.15, -0.1) is 15.6 Å². The molecule has 0 aliphatic carbocycles. The van der Waals surface area contributed by atoms with Gasteiger partial charge in [0.05, 0.1) is 17.7 Å². The van der Waals surface area contributed by atoms with Crippen LogP contribution in [0.5, 0.6) is 0 Å². The number of hydrogen-bond acceptors (Lipinski definition) is 9. The molecule has 47 heavy (non-hydrogen) atoms. The lowest BCUT2D eigenvalue weighted by Gasteiger charge is -2.29. The van der Waals surface area contributed by atoms with E-state index in [2.05, 4.69) is 9.97 Å². The molecule has 0 fully saturated rings. The number of thiazole rings is 1. The maximum atomic E-state index is 15.9. The summed E-state index contributed by atoms with van der Waals surface area (Å²) < 4.78 is 85.4. The minimum Gasteiger partial charge on any atom is -0.443 e. The summed E-state index contributed by atoms with van der Waals surface area (Å²) in [6, 6.07) is 8.77. The molecule has 0 aliphatic rings. The Bertz CT molecular complexity index is 1880. The largest absolute Gasteiger partial charge is 0.443 e. The second kappa shape index (κ2) is 13.3. The molecule has 0 saturated heterocycles. The van der Waals surface area contributed by atoms with Crippen molar-refractivity contribution in [2.45, 2.75) is 71.1 Å². The highest BCUT2D eigenvalue weighted by atomic mass is 32.2. The number of aromatic nitrogens is 2. The average Bonchev–Trinajstić information content (AvgIpc) is 3.43. The first-order valence-corrected chi connectivity index (χ1v) is 16.5. The molecule has 15 heteroatoms. The number of benzene rings is 2. The first-order chi connectivity index (χ1) is 21.8. The number of carbonyl (C=O) groups excluding carboxylic acids is 2. The van der Waals surface area contributed by atoms with Gasteiger partial charge in [-0.25, -0.2) is 36.2 Å². The van der Waals surface area contributed by atoms with E-state index in [1.54, 1.807) is 45.9 Å². The molecular weight excluding hydrogens is 658 g/mol. The highest BCUT2D eigenvalue weighted by Crippen LogP contribution is 2.34. The van der Waals surface area contributed by atoms with E-state index in [1.165, 1.54) is 50.0 Å². The zero-order valence-corrected chi connectivity index (χ0v) is 28.3. The van der Waals surface area contributed by atoms with E-state index >= 15 is 13.2 Å². The lowest BCUT2D eigenvalue weighted by molar-refractivity contribution is 0.0573. The second-order valence-corrected chi connectivity index (χ2v) is 14.8. The Morgan fingerprint density at radius 1 is 0.872 bits per heavy atom. The molecule has 2 aromatic carbocycles. The van der Waals surface area contributed by atoms with Gasteiger partial charge in [-0.1, -0.05) is 12.1 Å². The summed E-state index contributed by atoms with van der Waals surface area (Å²) in [5.74, 6) is -4.45. The van der Waals surface area contributed by atoms with Gasteiger partial charge in [0, 0.05) is 22.8 Å². The van der Waals surface area contributed by atoms with Crippen molar-refractivity contribution in [3.05, 3.63) is 88.3 Å². The third kappa shape index (κ3) is 8.27. The third-order valence-electron chi connectivity index (χ3n) is 6.24. The Kier molecular flexibility index (Phi) is 10.0. The SMILES string of the molecule is Cc1cc(-c2cccc(F)c2CN(C(=O)OC(C)(C)C)c2cc(F)c(S(=O)(=O)N(C(=O)OC(C)(C)C)c3cscn3)c(F)c2)ccn1. The summed E-state index contributed by atoms with van der Waals surface area (Å²) in [4.78, 5) is 33.8. The lowest BCUT2D eigenvalue weighted by atomic mass is 9.99. The van der Waals surface area contributed by atoms with Crippen LogP contribution in [-0.2, 0) is 26.0 Å². The lowest BCUT2D eigenvalue weighted by Crippen LogP contribution is -2.42. The first kappa shape index (κ1) is 35.4. The molecule has 2 aromatic heterocycles. The zero-order valence-electron chi connectivity index (χ0n) is 26.7. The van der Waals surface area contributed by atoms with E-state index < -0.39 is 73.8 Å². The molecule has 0 radical (unpaired) electrons. The summed E-state index contributed by atoms with van der Waals surface area (Å²) in [6.45, 7) is 10.3. The van der Waals surface area contributed by atoms with Gasteiger partial charge in [0.15, 0.2) is 10.7 Å². The maximum absolute atomic E-state index is 15.9. The van der Waals surface area contributed by atoms with Gasteiger partial charge in [-0.3, -0.25) is 9.88 Å². The fourth-order valence-corrected chi connectivity index (χ4v) is 6.36. The van der Waals surface area contributed by atoms with Gasteiger partial charge >= 0.3 is 12.2 Å². The van der Waals surface area contributed by atoms with Crippen LogP contribution >= 0.6 is 11.3 Å². The number of carbonyl (C=O) groups is 2. The molecule has 250 valence electrons. The van der Waals surface area contributed by atoms with Crippen molar-refractivity contribution in [3.8, 4) is 11.1 Å². The van der Waals surface area contributed by atoms with E-state index in [0.29, 0.717) is 29.0 Å². The molecule has 2 heterocycles. The van der Waals surface area contributed by atoms with E-state index in [-0.39, 0.29) is 9.87 Å². The number of halogens is 3. The van der Waals surface area contributed by atoms with E-state index in [9.17, 15) is 18.0 Å². The van der Waals surface area contributed by atoms with Crippen LogP contribution in [0.3, 0.4) is 0 Å². The fourth-order valence-electron chi connectivity index (χ4n) is 4.40. The summed E-state index contributed by atoms with van der Waals surface area (Å²) in [6.07, 6.45) is -1.01. The Hall–Kier alpha value is -4.50. The standard InChI is InChI=1S/C32H33F3N4O6S2/c1-19-13-20(11-12-36-19)22-9-8-10-24(33)23(22)16-38(29(40)44-31(2,3)4)21-14-25(34)28(26(35)15-21)47(42,43)39(27-17-46-18-37-27)30(41)45-32(5,6)7/h8-15,17-18H,16H2,1-7H3. The number of ether oxygens (including phenoxy) is 2. The highest BCUT2D eigenvalue weighted by Gasteiger charge is 2.40. The molecule has 0 saturated carbocycles. The van der Waals surface area contributed by atoms with Gasteiger partial charge in [-0.05, 0) is 89.9 Å². The van der Waals surface area contributed by atoms with E-state index in [0.717, 1.165) is 16.2 Å². The van der Waals surface area contributed by atoms with Crippen LogP contribution in [-0.4, -0.2) is 41.8 Å². The number of aryl methyl sites for hydroxylation is 1. The van der Waals surface area contributed by atoms with Crippen molar-refractivity contribution in [2.24, 2.45) is 0 Å². The van der Waals surface area contributed by atoms with Crippen molar-refractivity contribution in [1.82, 2.24) is 9.97 Å².